The van der Waals surface area contributed by atoms with Crippen molar-refractivity contribution in [3.05, 3.63) is 29.3 Å². The number of nitrogens with one attached hydrogen (secondary N) is 2. The average molecular weight is 303 g/mol. The van der Waals surface area contributed by atoms with Crippen molar-refractivity contribution in [1.82, 2.24) is 10.2 Å². The molecule has 1 aromatic rings. The monoisotopic (exact) mass is 303 g/mol. The summed E-state index contributed by atoms with van der Waals surface area (Å²) in [5.41, 5.74) is 2.08. The molecule has 1 aromatic carbocycles. The van der Waals surface area contributed by atoms with E-state index in [9.17, 15) is 9.59 Å². The molecule has 0 heterocycles. The van der Waals surface area contributed by atoms with Crippen LogP contribution in [0.2, 0.25) is 0 Å². The zero-order chi connectivity index (χ0) is 16.3. The van der Waals surface area contributed by atoms with Gasteiger partial charge in [0.05, 0.1) is 0 Å². The van der Waals surface area contributed by atoms with Gasteiger partial charge in [-0.05, 0) is 58.0 Å². The fourth-order valence-corrected chi connectivity index (χ4v) is 2.37. The molecule has 5 heteroatoms. The molecule has 0 radical (unpaired) electrons. The second-order valence-electron chi connectivity index (χ2n) is 6.34. The van der Waals surface area contributed by atoms with Crippen molar-refractivity contribution in [3.63, 3.8) is 0 Å². The van der Waals surface area contributed by atoms with Gasteiger partial charge in [-0.25, -0.2) is 0 Å². The van der Waals surface area contributed by atoms with Crippen molar-refractivity contribution in [2.75, 3.05) is 32.5 Å². The van der Waals surface area contributed by atoms with Gasteiger partial charge in [0.1, 0.15) is 5.41 Å². The normalized spacial score (nSPS) is 15.5. The summed E-state index contributed by atoms with van der Waals surface area (Å²) >= 11 is 0. The van der Waals surface area contributed by atoms with Gasteiger partial charge in [0.2, 0.25) is 11.8 Å². The molecule has 2 amide bonds. The van der Waals surface area contributed by atoms with Crippen LogP contribution in [0.15, 0.2) is 18.2 Å². The Morgan fingerprint density at radius 1 is 1.18 bits per heavy atom. The van der Waals surface area contributed by atoms with E-state index < -0.39 is 5.41 Å². The Balaban J connectivity index is 1.99. The van der Waals surface area contributed by atoms with Gasteiger partial charge in [-0.2, -0.15) is 0 Å². The molecule has 120 valence electrons. The van der Waals surface area contributed by atoms with E-state index in [1.807, 2.05) is 51.0 Å². The van der Waals surface area contributed by atoms with Gasteiger partial charge in [-0.3, -0.25) is 9.59 Å². The van der Waals surface area contributed by atoms with Crippen LogP contribution >= 0.6 is 0 Å². The first-order valence-corrected chi connectivity index (χ1v) is 7.67. The van der Waals surface area contributed by atoms with Crippen molar-refractivity contribution < 1.29 is 9.59 Å². The number of carbonyl (C=O) groups is 2. The van der Waals surface area contributed by atoms with E-state index in [1.165, 1.54) is 0 Å². The van der Waals surface area contributed by atoms with Crippen LogP contribution in [0.5, 0.6) is 0 Å². The molecule has 5 nitrogen and oxygen atoms in total. The van der Waals surface area contributed by atoms with Crippen LogP contribution in [0.25, 0.3) is 0 Å². The van der Waals surface area contributed by atoms with Gasteiger partial charge in [-0.1, -0.05) is 12.1 Å². The zero-order valence-electron chi connectivity index (χ0n) is 13.8. The lowest BCUT2D eigenvalue weighted by molar-refractivity contribution is -0.134. The summed E-state index contributed by atoms with van der Waals surface area (Å²) in [6.07, 6.45) is 1.25. The Bertz CT molecular complexity index is 577. The van der Waals surface area contributed by atoms with Crippen molar-refractivity contribution in [2.45, 2.75) is 26.7 Å². The van der Waals surface area contributed by atoms with Crippen LogP contribution in [-0.2, 0) is 9.59 Å². The first-order chi connectivity index (χ1) is 10.4. The summed E-state index contributed by atoms with van der Waals surface area (Å²) < 4.78 is 0. The third-order valence-electron chi connectivity index (χ3n) is 4.32. The van der Waals surface area contributed by atoms with Gasteiger partial charge in [0, 0.05) is 18.8 Å². The van der Waals surface area contributed by atoms with E-state index in [0.29, 0.717) is 19.4 Å². The number of amides is 2. The molecule has 1 fully saturated rings. The molecule has 0 spiro atoms. The average Bonchev–Trinajstić information content (AvgIpc) is 3.25. The fraction of sp³-hybridized carbons (Fsp3) is 0.529. The summed E-state index contributed by atoms with van der Waals surface area (Å²) in [6.45, 7) is 5.30. The van der Waals surface area contributed by atoms with Crippen molar-refractivity contribution in [3.8, 4) is 0 Å². The van der Waals surface area contributed by atoms with E-state index >= 15 is 0 Å². The van der Waals surface area contributed by atoms with Crippen molar-refractivity contribution >= 4 is 17.5 Å². The first-order valence-electron chi connectivity index (χ1n) is 7.67. The highest BCUT2D eigenvalue weighted by atomic mass is 16.2. The molecule has 0 aromatic heterocycles. The van der Waals surface area contributed by atoms with E-state index in [0.717, 1.165) is 23.4 Å². The number of aryl methyl sites for hydroxylation is 1. The van der Waals surface area contributed by atoms with Crippen LogP contribution in [0, 0.1) is 19.3 Å². The quantitative estimate of drug-likeness (QED) is 0.786. The lowest BCUT2D eigenvalue weighted by atomic mass is 10.0. The molecule has 0 unspecified atom stereocenters. The van der Waals surface area contributed by atoms with E-state index in [4.69, 9.17) is 0 Å². The standard InChI is InChI=1S/C17H25N3O2/c1-12-6-5-7-14(13(12)2)19-16(22)17(8-9-17)15(21)18-10-11-20(3)4/h5-7H,8-11H2,1-4H3,(H,18,21)(H,19,22). The van der Waals surface area contributed by atoms with Gasteiger partial charge >= 0.3 is 0 Å². The second-order valence-corrected chi connectivity index (χ2v) is 6.34. The molecule has 1 aliphatic carbocycles. The maximum absolute atomic E-state index is 12.5. The Morgan fingerprint density at radius 2 is 1.86 bits per heavy atom. The van der Waals surface area contributed by atoms with Crippen LogP contribution in [-0.4, -0.2) is 43.9 Å². The smallest absolute Gasteiger partial charge is 0.240 e. The topological polar surface area (TPSA) is 61.4 Å². The SMILES string of the molecule is Cc1cccc(NC(=O)C2(C(=O)NCCN(C)C)CC2)c1C. The minimum atomic E-state index is -0.873. The van der Waals surface area contributed by atoms with Gasteiger partial charge < -0.3 is 15.5 Å². The minimum Gasteiger partial charge on any atom is -0.354 e. The molecule has 0 atom stereocenters. The number of rotatable bonds is 6. The lowest BCUT2D eigenvalue weighted by Crippen LogP contribution is -2.42. The number of anilines is 1. The molecule has 2 rings (SSSR count). The predicted octanol–water partition coefficient (Wildman–Crippen LogP) is 1.70. The van der Waals surface area contributed by atoms with E-state index in [2.05, 4.69) is 10.6 Å². The van der Waals surface area contributed by atoms with Gasteiger partial charge in [-0.15, -0.1) is 0 Å². The minimum absolute atomic E-state index is 0.155. The predicted molar refractivity (Wildman–Crippen MR) is 87.8 cm³/mol. The molecule has 22 heavy (non-hydrogen) atoms. The number of likely N-dealkylation sites (N-methyl/N-ethyl adjacent to an activating group) is 1. The molecular formula is C17H25N3O2. The Morgan fingerprint density at radius 3 is 2.45 bits per heavy atom. The molecule has 0 bridgehead atoms. The van der Waals surface area contributed by atoms with Crippen molar-refractivity contribution in [2.24, 2.45) is 5.41 Å². The summed E-state index contributed by atoms with van der Waals surface area (Å²) in [6, 6.07) is 5.79. The highest BCUT2D eigenvalue weighted by Gasteiger charge is 2.56. The highest BCUT2D eigenvalue weighted by Crippen LogP contribution is 2.47. The van der Waals surface area contributed by atoms with E-state index in [1.54, 1.807) is 0 Å². The number of hydrogen-bond acceptors (Lipinski definition) is 3. The van der Waals surface area contributed by atoms with Crippen LogP contribution in [0.4, 0.5) is 5.69 Å². The Labute approximate surface area is 132 Å². The molecule has 1 aliphatic rings. The second kappa shape index (κ2) is 6.48. The largest absolute Gasteiger partial charge is 0.354 e. The van der Waals surface area contributed by atoms with Gasteiger partial charge in [0.25, 0.3) is 0 Å². The third-order valence-corrected chi connectivity index (χ3v) is 4.32. The van der Waals surface area contributed by atoms with Crippen LogP contribution < -0.4 is 10.6 Å². The number of benzene rings is 1. The number of hydrogen-bond donors (Lipinski definition) is 2. The van der Waals surface area contributed by atoms with Crippen molar-refractivity contribution in [1.29, 1.82) is 0 Å². The maximum atomic E-state index is 12.5. The molecular weight excluding hydrogens is 278 g/mol. The third kappa shape index (κ3) is 3.47. The summed E-state index contributed by atoms with van der Waals surface area (Å²) in [5.74, 6) is -0.347. The van der Waals surface area contributed by atoms with Gasteiger partial charge in [0.15, 0.2) is 0 Å². The molecule has 1 saturated carbocycles. The number of nitrogens with zero attached hydrogens (tertiary/aromatic N) is 1. The first kappa shape index (κ1) is 16.5. The summed E-state index contributed by atoms with van der Waals surface area (Å²) in [7, 11) is 3.90. The highest BCUT2D eigenvalue weighted by molar-refractivity contribution is 6.13. The Hall–Kier alpha value is -1.88. The zero-order valence-corrected chi connectivity index (χ0v) is 13.8. The molecule has 0 saturated heterocycles. The maximum Gasteiger partial charge on any atom is 0.240 e. The molecule has 0 aliphatic heterocycles. The van der Waals surface area contributed by atoms with Crippen LogP contribution in [0.1, 0.15) is 24.0 Å². The van der Waals surface area contributed by atoms with E-state index in [-0.39, 0.29) is 11.8 Å². The number of carbonyl (C=O) groups excluding carboxylic acids is 2. The summed E-state index contributed by atoms with van der Waals surface area (Å²) in [4.78, 5) is 26.8. The Kier molecular flexibility index (Phi) is 4.86. The summed E-state index contributed by atoms with van der Waals surface area (Å²) in [5, 5.41) is 5.79. The molecule has 2 N–H and O–H groups in total. The van der Waals surface area contributed by atoms with Crippen LogP contribution in [0.3, 0.4) is 0 Å². The fourth-order valence-electron chi connectivity index (χ4n) is 2.37. The lowest BCUT2D eigenvalue weighted by Gasteiger charge is -2.18.